The maximum absolute atomic E-state index is 12.4. The van der Waals surface area contributed by atoms with Crippen LogP contribution in [0.25, 0.3) is 0 Å². The molecule has 0 aliphatic carbocycles. The minimum absolute atomic E-state index is 0.0764. The van der Waals surface area contributed by atoms with Gasteiger partial charge in [0, 0.05) is 10.9 Å². The Morgan fingerprint density at radius 1 is 1.57 bits per heavy atom. The predicted octanol–water partition coefficient (Wildman–Crippen LogP) is 3.49. The van der Waals surface area contributed by atoms with Crippen molar-refractivity contribution in [2.24, 2.45) is 0 Å². The summed E-state index contributed by atoms with van der Waals surface area (Å²) in [6, 6.07) is 1.14. The molecule has 1 aromatic heterocycles. The summed E-state index contributed by atoms with van der Waals surface area (Å²) in [5.41, 5.74) is 0.355. The lowest BCUT2D eigenvalue weighted by Gasteiger charge is -2.06. The summed E-state index contributed by atoms with van der Waals surface area (Å²) in [5, 5.41) is 0.350. The average Bonchev–Trinajstić information content (AvgIpc) is 2.16. The van der Waals surface area contributed by atoms with Crippen LogP contribution in [-0.4, -0.2) is 11.3 Å². The van der Waals surface area contributed by atoms with Gasteiger partial charge in [-0.15, -0.1) is 0 Å². The second-order valence-corrected chi connectivity index (χ2v) is 3.77. The molecule has 0 radical (unpaired) electrons. The molecule has 0 spiro atoms. The van der Waals surface area contributed by atoms with E-state index < -0.39 is 6.43 Å². The van der Waals surface area contributed by atoms with Gasteiger partial charge in [-0.3, -0.25) is 4.79 Å². The van der Waals surface area contributed by atoms with Crippen LogP contribution >= 0.6 is 31.9 Å². The number of halogens is 4. The van der Waals surface area contributed by atoms with Gasteiger partial charge in [-0.2, -0.15) is 0 Å². The van der Waals surface area contributed by atoms with Crippen molar-refractivity contribution in [3.63, 3.8) is 0 Å². The number of rotatable bonds is 3. The Bertz CT molecular complexity index is 357. The molecule has 2 nitrogen and oxygen atoms in total. The van der Waals surface area contributed by atoms with E-state index in [0.717, 1.165) is 6.07 Å². The van der Waals surface area contributed by atoms with Crippen LogP contribution in [0.15, 0.2) is 10.7 Å². The van der Waals surface area contributed by atoms with Crippen LogP contribution in [0.3, 0.4) is 0 Å². The van der Waals surface area contributed by atoms with Gasteiger partial charge in [-0.1, -0.05) is 15.9 Å². The fourth-order valence-corrected chi connectivity index (χ4v) is 1.87. The number of aromatic nitrogens is 1. The normalized spacial score (nSPS) is 10.6. The van der Waals surface area contributed by atoms with Gasteiger partial charge in [0.2, 0.25) is 0 Å². The summed E-state index contributed by atoms with van der Waals surface area (Å²) in [6.07, 6.45) is -2.12. The van der Waals surface area contributed by atoms with Crippen LogP contribution < -0.4 is 0 Å². The quantitative estimate of drug-likeness (QED) is 0.483. The minimum Gasteiger partial charge on any atom is -0.298 e. The van der Waals surface area contributed by atoms with Gasteiger partial charge in [-0.25, -0.2) is 13.8 Å². The van der Waals surface area contributed by atoms with Gasteiger partial charge in [0.1, 0.15) is 4.60 Å². The smallest absolute Gasteiger partial charge is 0.266 e. The third-order valence-electron chi connectivity index (χ3n) is 1.60. The maximum Gasteiger partial charge on any atom is 0.266 e. The van der Waals surface area contributed by atoms with Gasteiger partial charge in [0.25, 0.3) is 6.43 Å². The van der Waals surface area contributed by atoms with E-state index >= 15 is 0 Å². The topological polar surface area (TPSA) is 30.0 Å². The first kappa shape index (κ1) is 11.7. The number of carbonyl (C=O) groups is 1. The van der Waals surface area contributed by atoms with E-state index in [-0.39, 0.29) is 15.7 Å². The number of nitrogens with zero attached hydrogens (tertiary/aromatic N) is 1. The van der Waals surface area contributed by atoms with E-state index in [9.17, 15) is 13.6 Å². The first-order valence-electron chi connectivity index (χ1n) is 3.58. The van der Waals surface area contributed by atoms with Gasteiger partial charge < -0.3 is 0 Å². The Kier molecular flexibility index (Phi) is 4.12. The molecule has 1 aromatic rings. The molecular weight excluding hydrogens is 324 g/mol. The number of aldehydes is 1. The van der Waals surface area contributed by atoms with Crippen molar-refractivity contribution >= 4 is 38.1 Å². The van der Waals surface area contributed by atoms with Crippen molar-refractivity contribution in [1.82, 2.24) is 4.98 Å². The standard InChI is InChI=1S/C8H5Br2F2NO/c9-2-6-4(3-14)1-5(8(11)12)7(10)13-6/h1,3,8H,2H2. The highest BCUT2D eigenvalue weighted by atomic mass is 79.9. The lowest BCUT2D eigenvalue weighted by molar-refractivity contribution is 0.112. The molecule has 0 unspecified atom stereocenters. The summed E-state index contributed by atoms with van der Waals surface area (Å²) >= 11 is 6.04. The Hall–Kier alpha value is -0.360. The predicted molar refractivity (Wildman–Crippen MR) is 54.9 cm³/mol. The molecule has 0 N–H and O–H groups in total. The molecule has 14 heavy (non-hydrogen) atoms. The molecule has 0 saturated heterocycles. The van der Waals surface area contributed by atoms with Gasteiger partial charge in [0.05, 0.1) is 11.3 Å². The van der Waals surface area contributed by atoms with Gasteiger partial charge in [-0.05, 0) is 22.0 Å². The summed E-state index contributed by atoms with van der Waals surface area (Å²) in [7, 11) is 0. The van der Waals surface area contributed by atoms with E-state index in [1.165, 1.54) is 0 Å². The first-order valence-corrected chi connectivity index (χ1v) is 5.50. The van der Waals surface area contributed by atoms with Crippen LogP contribution in [0, 0.1) is 0 Å². The second kappa shape index (κ2) is 4.93. The highest BCUT2D eigenvalue weighted by Gasteiger charge is 2.16. The molecule has 6 heteroatoms. The number of hydrogen-bond acceptors (Lipinski definition) is 2. The zero-order chi connectivity index (χ0) is 10.7. The Balaban J connectivity index is 3.30. The highest BCUT2D eigenvalue weighted by Crippen LogP contribution is 2.27. The molecule has 0 aliphatic rings. The zero-order valence-corrected chi connectivity index (χ0v) is 9.98. The van der Waals surface area contributed by atoms with Crippen molar-refractivity contribution in [3.8, 4) is 0 Å². The SMILES string of the molecule is O=Cc1cc(C(F)F)c(Br)nc1CBr. The van der Waals surface area contributed by atoms with Gasteiger partial charge in [0.15, 0.2) is 6.29 Å². The van der Waals surface area contributed by atoms with Crippen molar-refractivity contribution < 1.29 is 13.6 Å². The summed E-state index contributed by atoms with van der Waals surface area (Å²) in [6.45, 7) is 0. The number of carbonyl (C=O) groups excluding carboxylic acids is 1. The van der Waals surface area contributed by atoms with Crippen LogP contribution in [-0.2, 0) is 5.33 Å². The molecule has 76 valence electrons. The molecule has 0 aromatic carbocycles. The van der Waals surface area contributed by atoms with Crippen LogP contribution in [0.5, 0.6) is 0 Å². The number of alkyl halides is 3. The van der Waals surface area contributed by atoms with E-state index in [1.807, 2.05) is 0 Å². The molecule has 0 atom stereocenters. The van der Waals surface area contributed by atoms with Crippen LogP contribution in [0.1, 0.15) is 28.0 Å². The van der Waals surface area contributed by atoms with E-state index in [4.69, 9.17) is 0 Å². The van der Waals surface area contributed by atoms with Crippen LogP contribution in [0.2, 0.25) is 0 Å². The van der Waals surface area contributed by atoms with Crippen molar-refractivity contribution in [3.05, 3.63) is 27.5 Å². The van der Waals surface area contributed by atoms with E-state index in [0.29, 0.717) is 17.3 Å². The summed E-state index contributed by atoms with van der Waals surface area (Å²) in [4.78, 5) is 14.4. The maximum atomic E-state index is 12.4. The summed E-state index contributed by atoms with van der Waals surface area (Å²) in [5.74, 6) is 0. The third kappa shape index (κ3) is 2.36. The third-order valence-corrected chi connectivity index (χ3v) is 2.77. The molecular formula is C8H5Br2F2NO. The lowest BCUT2D eigenvalue weighted by atomic mass is 10.1. The molecule has 0 fully saturated rings. The van der Waals surface area contributed by atoms with Gasteiger partial charge >= 0.3 is 0 Å². The van der Waals surface area contributed by atoms with Crippen LogP contribution in [0.4, 0.5) is 8.78 Å². The number of pyridine rings is 1. The Labute approximate surface area is 96.0 Å². The fourth-order valence-electron chi connectivity index (χ4n) is 0.920. The van der Waals surface area contributed by atoms with E-state index in [2.05, 4.69) is 36.8 Å². The van der Waals surface area contributed by atoms with E-state index in [1.54, 1.807) is 0 Å². The molecule has 0 amide bonds. The average molecular weight is 329 g/mol. The summed E-state index contributed by atoms with van der Waals surface area (Å²) < 4.78 is 24.8. The fraction of sp³-hybridized carbons (Fsp3) is 0.250. The molecule has 0 saturated carbocycles. The monoisotopic (exact) mass is 327 g/mol. The highest BCUT2D eigenvalue weighted by molar-refractivity contribution is 9.10. The van der Waals surface area contributed by atoms with Crippen molar-refractivity contribution in [1.29, 1.82) is 0 Å². The first-order chi connectivity index (χ1) is 6.60. The molecule has 1 heterocycles. The minimum atomic E-state index is -2.64. The molecule has 0 bridgehead atoms. The largest absolute Gasteiger partial charge is 0.298 e. The molecule has 0 aliphatic heterocycles. The zero-order valence-electron chi connectivity index (χ0n) is 6.81. The van der Waals surface area contributed by atoms with Crippen molar-refractivity contribution in [2.45, 2.75) is 11.8 Å². The molecule has 1 rings (SSSR count). The lowest BCUT2D eigenvalue weighted by Crippen LogP contribution is -1.99. The Morgan fingerprint density at radius 2 is 2.21 bits per heavy atom. The number of hydrogen-bond donors (Lipinski definition) is 0. The second-order valence-electron chi connectivity index (χ2n) is 2.46. The van der Waals surface area contributed by atoms with Crippen molar-refractivity contribution in [2.75, 3.05) is 0 Å². The Morgan fingerprint density at radius 3 is 2.64 bits per heavy atom.